The second-order valence-corrected chi connectivity index (χ2v) is 13.0. The summed E-state index contributed by atoms with van der Waals surface area (Å²) < 4.78 is 11.2. The molecule has 2 atom stereocenters. The Bertz CT molecular complexity index is 1050. The van der Waals surface area contributed by atoms with E-state index in [0.29, 0.717) is 0 Å². The molecule has 0 aromatic heterocycles. The fraction of sp³-hybridized carbons (Fsp3) is 0.679. The molecule has 0 spiro atoms. The minimum atomic E-state index is -0.956. The topological polar surface area (TPSA) is 111 Å². The van der Waals surface area contributed by atoms with Crippen LogP contribution in [-0.2, 0) is 21.4 Å². The minimum absolute atomic E-state index is 0.0253. The lowest BCUT2D eigenvalue weighted by Crippen LogP contribution is -2.52. The third-order valence-corrected chi connectivity index (χ3v) is 6.27. The first kappa shape index (κ1) is 30.3. The van der Waals surface area contributed by atoms with Gasteiger partial charge in [-0.05, 0) is 84.8 Å². The second kappa shape index (κ2) is 10.4. The van der Waals surface area contributed by atoms with Gasteiger partial charge in [-0.2, -0.15) is 4.90 Å². The van der Waals surface area contributed by atoms with Crippen LogP contribution in [0.25, 0.3) is 0 Å². The fourth-order valence-electron chi connectivity index (χ4n) is 4.32. The van der Waals surface area contributed by atoms with Crippen LogP contribution in [0.3, 0.4) is 0 Å². The Balaban J connectivity index is 2.86. The summed E-state index contributed by atoms with van der Waals surface area (Å²) >= 11 is 0. The van der Waals surface area contributed by atoms with E-state index in [-0.39, 0.29) is 17.4 Å². The summed E-state index contributed by atoms with van der Waals surface area (Å²) in [5.74, 6) is 0.136. The smallest absolute Gasteiger partial charge is 0.425 e. The Hall–Kier alpha value is -2.97. The van der Waals surface area contributed by atoms with Crippen LogP contribution in [0.1, 0.15) is 100 Å². The molecule has 0 N–H and O–H groups in total. The van der Waals surface area contributed by atoms with Gasteiger partial charge < -0.3 is 9.47 Å². The SMILES string of the molecule is C[C@H]1CCCc2ccc([N+](=O)[O-])cc2[C@@]1(C)N=C(N(C(=O)OC(C)(C)C)C(=O)OC(C)(C)C)C(C)(C)C. The molecule has 9 nitrogen and oxygen atoms in total. The van der Waals surface area contributed by atoms with Crippen molar-refractivity contribution >= 4 is 23.7 Å². The van der Waals surface area contributed by atoms with Crippen LogP contribution in [0.5, 0.6) is 0 Å². The molecule has 1 aromatic carbocycles. The van der Waals surface area contributed by atoms with Crippen molar-refractivity contribution in [1.29, 1.82) is 0 Å². The molecule has 37 heavy (non-hydrogen) atoms. The van der Waals surface area contributed by atoms with Crippen molar-refractivity contribution in [2.45, 2.75) is 112 Å². The summed E-state index contributed by atoms with van der Waals surface area (Å²) in [6.45, 7) is 19.8. The Labute approximate surface area is 220 Å². The molecule has 0 heterocycles. The predicted molar refractivity (Wildman–Crippen MR) is 144 cm³/mol. The Kier molecular flexibility index (Phi) is 8.52. The standard InChI is InChI=1S/C28H43N3O6/c1-18-13-12-14-19-15-16-20(31(34)35)17-21(19)28(18,11)29-22(25(2,3)4)30(23(32)36-26(5,6)7)24(33)37-27(8,9)10/h15-18H,12-14H2,1-11H3/t18-,28-/m0/s1. The highest BCUT2D eigenvalue weighted by Gasteiger charge is 2.44. The Morgan fingerprint density at radius 2 is 1.54 bits per heavy atom. The molecule has 1 aromatic rings. The van der Waals surface area contributed by atoms with Gasteiger partial charge in [-0.3, -0.25) is 15.1 Å². The largest absolute Gasteiger partial charge is 0.443 e. The van der Waals surface area contributed by atoms with Gasteiger partial charge in [0.25, 0.3) is 5.69 Å². The van der Waals surface area contributed by atoms with Gasteiger partial charge in [0, 0.05) is 17.5 Å². The van der Waals surface area contributed by atoms with Gasteiger partial charge in [-0.15, -0.1) is 0 Å². The van der Waals surface area contributed by atoms with Crippen molar-refractivity contribution in [2.75, 3.05) is 0 Å². The molecular formula is C28H43N3O6. The quantitative estimate of drug-likeness (QED) is 0.133. The number of imide groups is 1. The number of amidine groups is 1. The van der Waals surface area contributed by atoms with E-state index in [2.05, 4.69) is 0 Å². The second-order valence-electron chi connectivity index (χ2n) is 13.0. The molecular weight excluding hydrogens is 474 g/mol. The maximum Gasteiger partial charge on any atom is 0.425 e. The van der Waals surface area contributed by atoms with Gasteiger partial charge in [0.1, 0.15) is 17.0 Å². The minimum Gasteiger partial charge on any atom is -0.443 e. The molecule has 2 amide bonds. The lowest BCUT2D eigenvalue weighted by Gasteiger charge is -2.38. The van der Waals surface area contributed by atoms with Crippen molar-refractivity contribution in [2.24, 2.45) is 16.3 Å². The first-order valence-electron chi connectivity index (χ1n) is 12.8. The molecule has 0 fully saturated rings. The number of hydrogen-bond acceptors (Lipinski definition) is 7. The van der Waals surface area contributed by atoms with E-state index in [1.165, 1.54) is 6.07 Å². The summed E-state index contributed by atoms with van der Waals surface area (Å²) in [6, 6.07) is 4.87. The maximum absolute atomic E-state index is 13.5. The summed E-state index contributed by atoms with van der Waals surface area (Å²) in [4.78, 5) is 44.2. The maximum atomic E-state index is 13.5. The zero-order valence-electron chi connectivity index (χ0n) is 24.2. The van der Waals surface area contributed by atoms with E-state index in [9.17, 15) is 19.7 Å². The zero-order valence-corrected chi connectivity index (χ0v) is 24.2. The number of aryl methyl sites for hydroxylation is 1. The molecule has 2 rings (SSSR count). The number of hydrogen-bond donors (Lipinski definition) is 0. The van der Waals surface area contributed by atoms with E-state index in [0.717, 1.165) is 35.3 Å². The summed E-state index contributed by atoms with van der Waals surface area (Å²) in [6.07, 6.45) is 0.692. The molecule has 0 radical (unpaired) electrons. The van der Waals surface area contributed by atoms with Gasteiger partial charge in [-0.1, -0.05) is 33.8 Å². The molecule has 206 valence electrons. The fourth-order valence-corrected chi connectivity index (χ4v) is 4.32. The van der Waals surface area contributed by atoms with Crippen molar-refractivity contribution in [1.82, 2.24) is 4.90 Å². The number of benzene rings is 1. The van der Waals surface area contributed by atoms with Crippen molar-refractivity contribution < 1.29 is 24.0 Å². The molecule has 0 saturated carbocycles. The van der Waals surface area contributed by atoms with E-state index in [4.69, 9.17) is 14.5 Å². The molecule has 1 aliphatic carbocycles. The van der Waals surface area contributed by atoms with Gasteiger partial charge in [0.05, 0.1) is 10.5 Å². The number of nitro groups is 1. The van der Waals surface area contributed by atoms with E-state index in [1.807, 2.05) is 34.6 Å². The summed E-state index contributed by atoms with van der Waals surface area (Å²) in [7, 11) is 0. The number of nitro benzene ring substituents is 1. The first-order chi connectivity index (χ1) is 16.7. The summed E-state index contributed by atoms with van der Waals surface area (Å²) in [5, 5.41) is 11.6. The van der Waals surface area contributed by atoms with Crippen LogP contribution in [0.15, 0.2) is 23.2 Å². The van der Waals surface area contributed by atoms with Crippen LogP contribution in [0.2, 0.25) is 0 Å². The molecule has 9 heteroatoms. The zero-order chi connectivity index (χ0) is 28.6. The van der Waals surface area contributed by atoms with Gasteiger partial charge in [-0.25, -0.2) is 9.59 Å². The first-order valence-corrected chi connectivity index (χ1v) is 12.8. The lowest BCUT2D eigenvalue weighted by atomic mass is 9.78. The number of non-ortho nitro benzene ring substituents is 1. The van der Waals surface area contributed by atoms with Crippen molar-refractivity contribution in [3.8, 4) is 0 Å². The van der Waals surface area contributed by atoms with E-state index >= 15 is 0 Å². The molecule has 0 unspecified atom stereocenters. The number of ether oxygens (including phenoxy) is 2. The molecule has 0 bridgehead atoms. The van der Waals surface area contributed by atoms with Crippen molar-refractivity contribution in [3.63, 3.8) is 0 Å². The van der Waals surface area contributed by atoms with Gasteiger partial charge >= 0.3 is 12.2 Å². The highest BCUT2D eigenvalue weighted by molar-refractivity contribution is 6.10. The monoisotopic (exact) mass is 517 g/mol. The van der Waals surface area contributed by atoms with E-state index < -0.39 is 39.3 Å². The summed E-state index contributed by atoms with van der Waals surface area (Å²) in [5.41, 5.74) is -1.81. The number of nitrogens with zero attached hydrogens (tertiary/aromatic N) is 3. The number of carbonyl (C=O) groups excluding carboxylic acids is 2. The van der Waals surface area contributed by atoms with Crippen LogP contribution in [0, 0.1) is 21.4 Å². The lowest BCUT2D eigenvalue weighted by molar-refractivity contribution is -0.385. The number of fused-ring (bicyclic) bond motifs is 1. The molecule has 0 saturated heterocycles. The third kappa shape index (κ3) is 7.52. The molecule has 1 aliphatic rings. The van der Waals surface area contributed by atoms with Gasteiger partial charge in [0.2, 0.25) is 0 Å². The van der Waals surface area contributed by atoms with Crippen LogP contribution in [-0.4, -0.2) is 39.0 Å². The molecule has 0 aliphatic heterocycles. The third-order valence-electron chi connectivity index (χ3n) is 6.27. The predicted octanol–water partition coefficient (Wildman–Crippen LogP) is 7.40. The number of rotatable bonds is 2. The average molecular weight is 518 g/mol. The van der Waals surface area contributed by atoms with Crippen LogP contribution >= 0.6 is 0 Å². The highest BCUT2D eigenvalue weighted by Crippen LogP contribution is 2.44. The highest BCUT2D eigenvalue weighted by atomic mass is 16.6. The van der Waals surface area contributed by atoms with Crippen LogP contribution < -0.4 is 0 Å². The normalized spacial score (nSPS) is 20.9. The Morgan fingerprint density at radius 3 is 1.97 bits per heavy atom. The Morgan fingerprint density at radius 1 is 1.03 bits per heavy atom. The number of aliphatic imine (C=N–C) groups is 1. The number of carbonyl (C=O) groups is 2. The van der Waals surface area contributed by atoms with Gasteiger partial charge in [0.15, 0.2) is 0 Å². The number of amides is 2. The average Bonchev–Trinajstić information content (AvgIpc) is 2.80. The van der Waals surface area contributed by atoms with E-state index in [1.54, 1.807) is 53.7 Å². The van der Waals surface area contributed by atoms with Crippen molar-refractivity contribution in [3.05, 3.63) is 39.4 Å². The van der Waals surface area contributed by atoms with Crippen LogP contribution in [0.4, 0.5) is 15.3 Å².